The van der Waals surface area contributed by atoms with E-state index in [0.29, 0.717) is 23.1 Å². The van der Waals surface area contributed by atoms with Gasteiger partial charge in [-0.25, -0.2) is 15.0 Å². The SMILES string of the molecule is COC[C@H]1O[C@@H](n2cnc3c(N[C@@H]4C[C@@H]5CC[C@H]4C5)ncnc32)[C@H](O)[C@@H]1O. The molecule has 0 aromatic carbocycles. The molecule has 0 amide bonds. The molecule has 3 fully saturated rings. The maximum absolute atomic E-state index is 10.4. The van der Waals surface area contributed by atoms with Crippen LogP contribution in [0.3, 0.4) is 0 Å². The van der Waals surface area contributed by atoms with E-state index in [2.05, 4.69) is 20.3 Å². The Hall–Kier alpha value is -1.81. The number of fused-ring (bicyclic) bond motifs is 3. The molecule has 0 spiro atoms. The van der Waals surface area contributed by atoms with Crippen molar-refractivity contribution in [3.05, 3.63) is 12.7 Å². The maximum Gasteiger partial charge on any atom is 0.167 e. The number of rotatable bonds is 5. The average molecular weight is 375 g/mol. The third-order valence-corrected chi connectivity index (χ3v) is 6.36. The van der Waals surface area contributed by atoms with Gasteiger partial charge in [-0.1, -0.05) is 6.42 Å². The van der Waals surface area contributed by atoms with Crippen molar-refractivity contribution in [1.82, 2.24) is 19.5 Å². The highest BCUT2D eigenvalue weighted by atomic mass is 16.6. The van der Waals surface area contributed by atoms with Gasteiger partial charge in [0, 0.05) is 13.2 Å². The van der Waals surface area contributed by atoms with Crippen LogP contribution in [0.5, 0.6) is 0 Å². The predicted octanol–water partition coefficient (Wildman–Crippen LogP) is 0.692. The van der Waals surface area contributed by atoms with E-state index in [1.165, 1.54) is 39.1 Å². The third kappa shape index (κ3) is 2.80. The van der Waals surface area contributed by atoms with Crippen LogP contribution in [0.2, 0.25) is 0 Å². The Morgan fingerprint density at radius 3 is 2.85 bits per heavy atom. The van der Waals surface area contributed by atoms with Crippen LogP contribution in [0.15, 0.2) is 12.7 Å². The molecule has 7 atom stereocenters. The van der Waals surface area contributed by atoms with Crippen LogP contribution in [-0.4, -0.2) is 67.8 Å². The maximum atomic E-state index is 10.4. The van der Waals surface area contributed by atoms with E-state index in [-0.39, 0.29) is 6.61 Å². The molecule has 2 aromatic rings. The van der Waals surface area contributed by atoms with E-state index >= 15 is 0 Å². The molecule has 2 aliphatic carbocycles. The number of imidazole rings is 1. The molecule has 2 saturated carbocycles. The fraction of sp³-hybridized carbons (Fsp3) is 0.722. The molecular weight excluding hydrogens is 350 g/mol. The van der Waals surface area contributed by atoms with Gasteiger partial charge in [0.05, 0.1) is 12.9 Å². The van der Waals surface area contributed by atoms with Gasteiger partial charge in [-0.3, -0.25) is 4.57 Å². The first kappa shape index (κ1) is 17.3. The van der Waals surface area contributed by atoms with Crippen LogP contribution < -0.4 is 5.32 Å². The second kappa shape index (κ2) is 6.66. The molecule has 146 valence electrons. The standard InChI is InChI=1S/C18H25N5O4/c1-26-6-12-14(24)15(25)18(27-12)23-8-21-13-16(19-7-20-17(13)23)22-11-5-9-2-3-10(11)4-9/h7-12,14-15,18,24-25H,2-6H2,1H3,(H,19,20,22)/t9-,10+,11-,12-,14-,15-,18-/m1/s1. The first-order valence-corrected chi connectivity index (χ1v) is 9.60. The Kier molecular flexibility index (Phi) is 4.27. The second-order valence-corrected chi connectivity index (χ2v) is 7.97. The summed E-state index contributed by atoms with van der Waals surface area (Å²) in [6.45, 7) is 0.202. The summed E-state index contributed by atoms with van der Waals surface area (Å²) < 4.78 is 12.5. The van der Waals surface area contributed by atoms with Crippen molar-refractivity contribution < 1.29 is 19.7 Å². The summed E-state index contributed by atoms with van der Waals surface area (Å²) in [7, 11) is 1.53. The number of aromatic nitrogens is 4. The highest BCUT2D eigenvalue weighted by molar-refractivity contribution is 5.82. The molecule has 3 N–H and O–H groups in total. The minimum Gasteiger partial charge on any atom is -0.387 e. The lowest BCUT2D eigenvalue weighted by molar-refractivity contribution is -0.0580. The van der Waals surface area contributed by atoms with Crippen molar-refractivity contribution in [2.45, 2.75) is 56.3 Å². The Morgan fingerprint density at radius 2 is 2.11 bits per heavy atom. The lowest BCUT2D eigenvalue weighted by Crippen LogP contribution is -2.33. The molecule has 2 bridgehead atoms. The molecule has 0 radical (unpaired) electrons. The monoisotopic (exact) mass is 375 g/mol. The molecule has 2 aromatic heterocycles. The van der Waals surface area contributed by atoms with Gasteiger partial charge in [0.1, 0.15) is 24.6 Å². The van der Waals surface area contributed by atoms with E-state index in [4.69, 9.17) is 9.47 Å². The topological polar surface area (TPSA) is 115 Å². The number of hydrogen-bond acceptors (Lipinski definition) is 8. The Bertz CT molecular complexity index is 829. The van der Waals surface area contributed by atoms with Crippen molar-refractivity contribution in [3.8, 4) is 0 Å². The van der Waals surface area contributed by atoms with Gasteiger partial charge in [-0.15, -0.1) is 0 Å². The Labute approximate surface area is 156 Å². The number of aliphatic hydroxyl groups excluding tert-OH is 2. The number of methoxy groups -OCH3 is 1. The minimum absolute atomic E-state index is 0.202. The van der Waals surface area contributed by atoms with Crippen LogP contribution in [0.4, 0.5) is 5.82 Å². The summed E-state index contributed by atoms with van der Waals surface area (Å²) in [5.41, 5.74) is 1.23. The summed E-state index contributed by atoms with van der Waals surface area (Å²) in [5, 5.41) is 24.2. The summed E-state index contributed by atoms with van der Waals surface area (Å²) in [6, 6.07) is 0.438. The van der Waals surface area contributed by atoms with Crippen molar-refractivity contribution in [3.63, 3.8) is 0 Å². The van der Waals surface area contributed by atoms with Gasteiger partial charge in [-0.2, -0.15) is 0 Å². The number of aliphatic hydroxyl groups is 2. The highest BCUT2D eigenvalue weighted by Gasteiger charge is 2.44. The second-order valence-electron chi connectivity index (χ2n) is 7.97. The van der Waals surface area contributed by atoms with Gasteiger partial charge in [0.15, 0.2) is 23.2 Å². The molecule has 1 aliphatic heterocycles. The first-order chi connectivity index (χ1) is 13.2. The van der Waals surface area contributed by atoms with Gasteiger partial charge >= 0.3 is 0 Å². The van der Waals surface area contributed by atoms with E-state index in [1.807, 2.05) is 0 Å². The van der Waals surface area contributed by atoms with Crippen LogP contribution in [-0.2, 0) is 9.47 Å². The van der Waals surface area contributed by atoms with E-state index in [9.17, 15) is 10.2 Å². The zero-order chi connectivity index (χ0) is 18.5. The Balaban J connectivity index is 1.42. The minimum atomic E-state index is -1.08. The summed E-state index contributed by atoms with van der Waals surface area (Å²) in [6.07, 6.45) is 4.73. The fourth-order valence-electron chi connectivity index (χ4n) is 5.00. The first-order valence-electron chi connectivity index (χ1n) is 9.60. The van der Waals surface area contributed by atoms with Crippen LogP contribution in [0, 0.1) is 11.8 Å². The molecule has 5 rings (SSSR count). The molecule has 1 saturated heterocycles. The highest BCUT2D eigenvalue weighted by Crippen LogP contribution is 2.45. The van der Waals surface area contributed by atoms with Crippen molar-refractivity contribution in [2.75, 3.05) is 19.0 Å². The normalized spacial score (nSPS) is 38.1. The summed E-state index contributed by atoms with van der Waals surface area (Å²) in [5.74, 6) is 2.27. The zero-order valence-corrected chi connectivity index (χ0v) is 15.2. The molecule has 3 aliphatic rings. The number of anilines is 1. The van der Waals surface area contributed by atoms with Crippen LogP contribution in [0.1, 0.15) is 31.9 Å². The van der Waals surface area contributed by atoms with E-state index in [0.717, 1.165) is 11.7 Å². The number of nitrogens with zero attached hydrogens (tertiary/aromatic N) is 4. The summed E-state index contributed by atoms with van der Waals surface area (Å²) in [4.78, 5) is 13.2. The Morgan fingerprint density at radius 1 is 1.22 bits per heavy atom. The quantitative estimate of drug-likeness (QED) is 0.699. The number of ether oxygens (including phenoxy) is 2. The molecule has 9 heteroatoms. The fourth-order valence-corrected chi connectivity index (χ4v) is 5.00. The third-order valence-electron chi connectivity index (χ3n) is 6.36. The molecule has 27 heavy (non-hydrogen) atoms. The van der Waals surface area contributed by atoms with E-state index < -0.39 is 24.5 Å². The smallest absolute Gasteiger partial charge is 0.167 e. The van der Waals surface area contributed by atoms with Crippen LogP contribution >= 0.6 is 0 Å². The van der Waals surface area contributed by atoms with Crippen molar-refractivity contribution in [2.24, 2.45) is 11.8 Å². The average Bonchev–Trinajstić information content (AvgIpc) is 3.43. The van der Waals surface area contributed by atoms with Gasteiger partial charge in [-0.05, 0) is 31.1 Å². The van der Waals surface area contributed by atoms with Gasteiger partial charge in [0.25, 0.3) is 0 Å². The number of nitrogens with one attached hydrogen (secondary N) is 1. The lowest BCUT2D eigenvalue weighted by Gasteiger charge is -2.23. The molecule has 9 nitrogen and oxygen atoms in total. The zero-order valence-electron chi connectivity index (χ0n) is 15.2. The molecular formula is C18H25N5O4. The van der Waals surface area contributed by atoms with Gasteiger partial charge in [0.2, 0.25) is 0 Å². The van der Waals surface area contributed by atoms with Gasteiger partial charge < -0.3 is 25.0 Å². The summed E-state index contributed by atoms with van der Waals surface area (Å²) >= 11 is 0. The number of hydrogen-bond donors (Lipinski definition) is 3. The molecule has 3 heterocycles. The van der Waals surface area contributed by atoms with Crippen molar-refractivity contribution >= 4 is 17.0 Å². The van der Waals surface area contributed by atoms with Crippen LogP contribution in [0.25, 0.3) is 11.2 Å². The van der Waals surface area contributed by atoms with Crippen molar-refractivity contribution in [1.29, 1.82) is 0 Å². The predicted molar refractivity (Wildman–Crippen MR) is 96.0 cm³/mol. The largest absolute Gasteiger partial charge is 0.387 e. The van der Waals surface area contributed by atoms with E-state index in [1.54, 1.807) is 10.9 Å². The lowest BCUT2D eigenvalue weighted by atomic mass is 9.95. The molecule has 0 unspecified atom stereocenters.